The highest BCUT2D eigenvalue weighted by Gasteiger charge is 2.27. The Morgan fingerprint density at radius 3 is 2.27 bits per heavy atom. The summed E-state index contributed by atoms with van der Waals surface area (Å²) >= 11 is 0. The highest BCUT2D eigenvalue weighted by molar-refractivity contribution is 7.89. The lowest BCUT2D eigenvalue weighted by Gasteiger charge is -2.23. The zero-order valence-electron chi connectivity index (χ0n) is 24.5. The van der Waals surface area contributed by atoms with Gasteiger partial charge in [-0.25, -0.2) is 17.8 Å². The summed E-state index contributed by atoms with van der Waals surface area (Å²) in [5.74, 6) is -0.808. The average molecular weight is 571 g/mol. The Hall–Kier alpha value is -3.77. The molecule has 0 saturated carbocycles. The van der Waals surface area contributed by atoms with Crippen LogP contribution in [0.3, 0.4) is 0 Å². The van der Waals surface area contributed by atoms with Crippen LogP contribution in [0.15, 0.2) is 41.4 Å². The van der Waals surface area contributed by atoms with Gasteiger partial charge in [-0.1, -0.05) is 52.8 Å². The highest BCUT2D eigenvalue weighted by atomic mass is 32.2. The van der Waals surface area contributed by atoms with Crippen molar-refractivity contribution in [1.82, 2.24) is 25.0 Å². The van der Waals surface area contributed by atoms with Crippen molar-refractivity contribution in [3.05, 3.63) is 58.9 Å². The molecule has 0 aliphatic carbocycles. The van der Waals surface area contributed by atoms with Crippen LogP contribution in [-0.4, -0.2) is 55.9 Å². The van der Waals surface area contributed by atoms with Crippen molar-refractivity contribution >= 4 is 27.5 Å². The van der Waals surface area contributed by atoms with E-state index in [1.165, 1.54) is 25.0 Å². The van der Waals surface area contributed by atoms with Gasteiger partial charge in [-0.15, -0.1) is 5.10 Å². The van der Waals surface area contributed by atoms with Crippen LogP contribution >= 0.6 is 0 Å². The van der Waals surface area contributed by atoms with E-state index in [1.807, 2.05) is 48.5 Å². The molecule has 1 heterocycles. The van der Waals surface area contributed by atoms with Gasteiger partial charge < -0.3 is 15.4 Å². The number of rotatable bonds is 8. The van der Waals surface area contributed by atoms with Gasteiger partial charge in [0.1, 0.15) is 4.90 Å². The van der Waals surface area contributed by atoms with Gasteiger partial charge in [0, 0.05) is 12.1 Å². The second-order valence-corrected chi connectivity index (χ2v) is 13.6. The molecule has 0 unspecified atom stereocenters. The van der Waals surface area contributed by atoms with Gasteiger partial charge in [0.15, 0.2) is 11.4 Å². The summed E-state index contributed by atoms with van der Waals surface area (Å²) in [5, 5.41) is 13.7. The first-order valence-electron chi connectivity index (χ1n) is 12.8. The van der Waals surface area contributed by atoms with Crippen molar-refractivity contribution in [3.63, 3.8) is 0 Å². The van der Waals surface area contributed by atoms with Crippen LogP contribution in [0.2, 0.25) is 0 Å². The predicted octanol–water partition coefficient (Wildman–Crippen LogP) is 3.82. The molecule has 0 radical (unpaired) electrons. The molecule has 0 saturated heterocycles. The number of aryl methyl sites for hydroxylation is 1. The van der Waals surface area contributed by atoms with Crippen molar-refractivity contribution in [1.29, 1.82) is 0 Å². The van der Waals surface area contributed by atoms with E-state index >= 15 is 0 Å². The predicted molar refractivity (Wildman–Crippen MR) is 154 cm³/mol. The molecule has 3 N–H and O–H groups in total. The summed E-state index contributed by atoms with van der Waals surface area (Å²) in [6, 6.07) is 8.28. The first kappa shape index (κ1) is 30.8. The van der Waals surface area contributed by atoms with Crippen LogP contribution in [0.5, 0.6) is 5.75 Å². The molecule has 1 aromatic heterocycles. The highest BCUT2D eigenvalue weighted by Crippen LogP contribution is 2.38. The molecule has 2 amide bonds. The number of amides is 2. The number of methoxy groups -OCH3 is 1. The summed E-state index contributed by atoms with van der Waals surface area (Å²) in [6.07, 6.45) is 1.51. The second-order valence-electron chi connectivity index (χ2n) is 11.8. The zero-order chi connectivity index (χ0) is 30.0. The fraction of sp³-hybridized carbons (Fsp3) is 0.429. The number of benzene rings is 2. The Bertz CT molecular complexity index is 1530. The fourth-order valence-electron chi connectivity index (χ4n) is 3.76. The lowest BCUT2D eigenvalue weighted by atomic mass is 9.86. The van der Waals surface area contributed by atoms with Crippen molar-refractivity contribution in [2.45, 2.75) is 58.8 Å². The first-order chi connectivity index (χ1) is 18.5. The van der Waals surface area contributed by atoms with Crippen LogP contribution in [0, 0.1) is 12.3 Å². The van der Waals surface area contributed by atoms with Gasteiger partial charge in [-0.05, 0) is 60.2 Å². The quantitative estimate of drug-likeness (QED) is 0.373. The summed E-state index contributed by atoms with van der Waals surface area (Å²) in [6.45, 7) is 14.2. The Labute approximate surface area is 235 Å². The maximum absolute atomic E-state index is 13.4. The Morgan fingerprint density at radius 2 is 1.70 bits per heavy atom. The number of nitrogens with zero attached hydrogens (tertiary/aromatic N) is 3. The van der Waals surface area contributed by atoms with Gasteiger partial charge in [-0.3, -0.25) is 9.59 Å². The van der Waals surface area contributed by atoms with Crippen molar-refractivity contribution in [3.8, 4) is 11.4 Å². The summed E-state index contributed by atoms with van der Waals surface area (Å²) in [4.78, 5) is 25.9. The fourth-order valence-corrected chi connectivity index (χ4v) is 4.70. The smallest absolute Gasteiger partial charge is 0.273 e. The minimum absolute atomic E-state index is 0.0187. The molecule has 0 spiro atoms. The van der Waals surface area contributed by atoms with E-state index < -0.39 is 21.3 Å². The summed E-state index contributed by atoms with van der Waals surface area (Å²) < 4.78 is 34.8. The van der Waals surface area contributed by atoms with E-state index in [9.17, 15) is 18.0 Å². The van der Waals surface area contributed by atoms with Gasteiger partial charge in [0.25, 0.3) is 11.8 Å². The van der Waals surface area contributed by atoms with Gasteiger partial charge in [0.2, 0.25) is 10.0 Å². The van der Waals surface area contributed by atoms with Crippen molar-refractivity contribution in [2.75, 3.05) is 26.0 Å². The number of hydrogen-bond acceptors (Lipinski definition) is 7. The number of nitrogens with one attached hydrogen (secondary N) is 3. The average Bonchev–Trinajstić information content (AvgIpc) is 3.36. The number of anilines is 1. The van der Waals surface area contributed by atoms with Crippen LogP contribution in [0.4, 0.5) is 5.69 Å². The van der Waals surface area contributed by atoms with Crippen molar-refractivity contribution < 1.29 is 22.7 Å². The van der Waals surface area contributed by atoms with Crippen LogP contribution in [-0.2, 0) is 15.4 Å². The van der Waals surface area contributed by atoms with Crippen LogP contribution in [0.25, 0.3) is 5.69 Å². The number of hydrogen-bond donors (Lipinski definition) is 3. The number of aromatic nitrogens is 3. The standard InChI is InChI=1S/C28H38N6O5S/c1-17-10-11-18(12-22(17)34-15-21(32-33-34)26(36)30-16-27(2,3)4)25(35)31-20-13-19(28(5,6)7)14-23(24(20)39-9)40(37,38)29-8/h10-15,29H,16H2,1-9H3,(H,30,36)(H,31,35). The Kier molecular flexibility index (Phi) is 8.75. The minimum Gasteiger partial charge on any atom is -0.493 e. The number of carbonyl (C=O) groups excluding carboxylic acids is 2. The van der Waals surface area contributed by atoms with Crippen LogP contribution < -0.4 is 20.1 Å². The molecule has 0 aliphatic heterocycles. The summed E-state index contributed by atoms with van der Waals surface area (Å²) in [7, 11) is -1.23. The molecule has 11 nitrogen and oxygen atoms in total. The van der Waals surface area contributed by atoms with E-state index in [2.05, 4.69) is 25.7 Å². The molecule has 3 rings (SSSR count). The first-order valence-corrected chi connectivity index (χ1v) is 14.2. The third-order valence-electron chi connectivity index (χ3n) is 6.15. The summed E-state index contributed by atoms with van der Waals surface area (Å²) in [5.41, 5.74) is 2.22. The Balaban J connectivity index is 1.98. The second kappa shape index (κ2) is 11.4. The monoisotopic (exact) mass is 570 g/mol. The largest absolute Gasteiger partial charge is 0.493 e. The number of sulfonamides is 1. The van der Waals surface area contributed by atoms with Gasteiger partial charge in [0.05, 0.1) is 24.7 Å². The maximum atomic E-state index is 13.4. The van der Waals surface area contributed by atoms with E-state index in [1.54, 1.807) is 30.3 Å². The molecular formula is C28H38N6O5S. The zero-order valence-corrected chi connectivity index (χ0v) is 25.3. The third kappa shape index (κ3) is 7.05. The minimum atomic E-state index is -3.89. The van der Waals surface area contributed by atoms with E-state index in [0.29, 0.717) is 17.8 Å². The molecule has 0 fully saturated rings. The lowest BCUT2D eigenvalue weighted by Crippen LogP contribution is -2.32. The topological polar surface area (TPSA) is 144 Å². The normalized spacial score (nSPS) is 12.2. The number of carbonyl (C=O) groups is 2. The molecular weight excluding hydrogens is 532 g/mol. The van der Waals surface area contributed by atoms with Gasteiger partial charge in [-0.2, -0.15) is 0 Å². The molecule has 2 aromatic carbocycles. The van der Waals surface area contributed by atoms with Crippen LogP contribution in [0.1, 0.15) is 73.5 Å². The number of ether oxygens (including phenoxy) is 1. The molecule has 0 aliphatic rings. The van der Waals surface area contributed by atoms with Gasteiger partial charge >= 0.3 is 0 Å². The lowest BCUT2D eigenvalue weighted by molar-refractivity contribution is 0.0933. The van der Waals surface area contributed by atoms with E-state index in [0.717, 1.165) is 5.56 Å². The SMILES string of the molecule is CNS(=O)(=O)c1cc(C(C)(C)C)cc(NC(=O)c2ccc(C)c(-n3cc(C(=O)NCC(C)(C)C)nn3)c2)c1OC. The Morgan fingerprint density at radius 1 is 1.02 bits per heavy atom. The molecule has 40 heavy (non-hydrogen) atoms. The molecule has 12 heteroatoms. The maximum Gasteiger partial charge on any atom is 0.273 e. The van der Waals surface area contributed by atoms with Crippen molar-refractivity contribution in [2.24, 2.45) is 5.41 Å². The van der Waals surface area contributed by atoms with E-state index in [-0.39, 0.29) is 38.9 Å². The molecule has 3 aromatic rings. The molecule has 0 atom stereocenters. The molecule has 0 bridgehead atoms. The van der Waals surface area contributed by atoms with E-state index in [4.69, 9.17) is 4.74 Å². The molecule has 216 valence electrons. The third-order valence-corrected chi connectivity index (χ3v) is 7.57.